The Bertz CT molecular complexity index is 125. The largest absolute Gasteiger partial charge is 0.315 e. The van der Waals surface area contributed by atoms with Gasteiger partial charge in [-0.15, -0.1) is 0 Å². The van der Waals surface area contributed by atoms with E-state index in [4.69, 9.17) is 0 Å². The third kappa shape index (κ3) is 1.06. The van der Waals surface area contributed by atoms with Crippen LogP contribution in [0.15, 0.2) is 0 Å². The summed E-state index contributed by atoms with van der Waals surface area (Å²) in [5, 5.41) is 3.33. The smallest absolute Gasteiger partial charge is 0.00597 e. The zero-order chi connectivity index (χ0) is 7.03. The second kappa shape index (κ2) is 2.21. The molecule has 58 valence electrons. The van der Waals surface area contributed by atoms with Crippen molar-refractivity contribution in [1.82, 2.24) is 10.2 Å². The molecule has 2 aliphatic heterocycles. The minimum atomic E-state index is 0.612. The van der Waals surface area contributed by atoms with Gasteiger partial charge in [0.2, 0.25) is 0 Å². The summed E-state index contributed by atoms with van der Waals surface area (Å²) in [6.07, 6.45) is 1.42. The van der Waals surface area contributed by atoms with Gasteiger partial charge in [0.25, 0.3) is 0 Å². The summed E-state index contributed by atoms with van der Waals surface area (Å²) < 4.78 is 0. The van der Waals surface area contributed by atoms with Crippen molar-refractivity contribution in [3.63, 3.8) is 0 Å². The van der Waals surface area contributed by atoms with E-state index in [0.717, 1.165) is 0 Å². The van der Waals surface area contributed by atoms with Crippen molar-refractivity contribution in [3.8, 4) is 0 Å². The number of nitrogens with one attached hydrogen (secondary N) is 1. The van der Waals surface area contributed by atoms with Gasteiger partial charge in [-0.05, 0) is 19.5 Å². The second-order valence-corrected chi connectivity index (χ2v) is 4.04. The second-order valence-electron chi connectivity index (χ2n) is 4.04. The molecule has 2 saturated heterocycles. The topological polar surface area (TPSA) is 15.3 Å². The van der Waals surface area contributed by atoms with Gasteiger partial charge in [0.05, 0.1) is 0 Å². The van der Waals surface area contributed by atoms with Crippen molar-refractivity contribution < 1.29 is 0 Å². The van der Waals surface area contributed by atoms with Crippen molar-refractivity contribution >= 4 is 0 Å². The van der Waals surface area contributed by atoms with Crippen LogP contribution < -0.4 is 5.32 Å². The minimum Gasteiger partial charge on any atom is -0.315 e. The van der Waals surface area contributed by atoms with Gasteiger partial charge in [-0.2, -0.15) is 0 Å². The predicted octanol–water partition coefficient (Wildman–Crippen LogP) is 0.302. The third-order valence-electron chi connectivity index (χ3n) is 2.66. The molecule has 0 aromatic heterocycles. The summed E-state index contributed by atoms with van der Waals surface area (Å²) in [7, 11) is 0. The van der Waals surface area contributed by atoms with Gasteiger partial charge >= 0.3 is 0 Å². The maximum absolute atomic E-state index is 3.33. The molecule has 10 heavy (non-hydrogen) atoms. The van der Waals surface area contributed by atoms with Crippen LogP contribution in [0.2, 0.25) is 0 Å². The number of hydrogen-bond acceptors (Lipinski definition) is 2. The summed E-state index contributed by atoms with van der Waals surface area (Å²) in [5.41, 5.74) is 0.612. The van der Waals surface area contributed by atoms with Gasteiger partial charge in [0.1, 0.15) is 0 Å². The number of likely N-dealkylation sites (tertiary alicyclic amines) is 1. The summed E-state index contributed by atoms with van der Waals surface area (Å²) in [5.74, 6) is 0. The van der Waals surface area contributed by atoms with E-state index in [2.05, 4.69) is 17.1 Å². The predicted molar refractivity (Wildman–Crippen MR) is 42.0 cm³/mol. The molecule has 2 nitrogen and oxygen atoms in total. The fourth-order valence-corrected chi connectivity index (χ4v) is 1.74. The molecule has 2 rings (SSSR count). The zero-order valence-electron chi connectivity index (χ0n) is 6.69. The molecule has 0 radical (unpaired) electrons. The monoisotopic (exact) mass is 140 g/mol. The molecule has 2 fully saturated rings. The molecule has 2 heterocycles. The molecule has 2 heteroatoms. The molecule has 0 amide bonds. The van der Waals surface area contributed by atoms with E-state index in [9.17, 15) is 0 Å². The van der Waals surface area contributed by atoms with Gasteiger partial charge in [0.15, 0.2) is 0 Å². The Morgan fingerprint density at radius 1 is 1.40 bits per heavy atom. The van der Waals surface area contributed by atoms with E-state index >= 15 is 0 Å². The first kappa shape index (κ1) is 6.62. The van der Waals surface area contributed by atoms with Crippen molar-refractivity contribution in [2.45, 2.75) is 13.3 Å². The molecule has 0 aromatic carbocycles. The first-order valence-electron chi connectivity index (χ1n) is 4.22. The summed E-state index contributed by atoms with van der Waals surface area (Å²) in [6, 6.07) is 0. The van der Waals surface area contributed by atoms with Crippen LogP contribution in [0.1, 0.15) is 13.3 Å². The van der Waals surface area contributed by atoms with Crippen LogP contribution in [0, 0.1) is 5.41 Å². The molecule has 0 unspecified atom stereocenters. The quantitative estimate of drug-likeness (QED) is 0.593. The molecule has 1 N–H and O–H groups in total. The van der Waals surface area contributed by atoms with Gasteiger partial charge in [-0.3, -0.25) is 0 Å². The molecule has 0 saturated carbocycles. The van der Waals surface area contributed by atoms with E-state index in [0.29, 0.717) is 5.41 Å². The van der Waals surface area contributed by atoms with Crippen molar-refractivity contribution in [1.29, 1.82) is 0 Å². The summed E-state index contributed by atoms with van der Waals surface area (Å²) in [4.78, 5) is 2.56. The molecule has 2 aliphatic rings. The van der Waals surface area contributed by atoms with Crippen LogP contribution in [0.5, 0.6) is 0 Å². The first-order chi connectivity index (χ1) is 4.79. The minimum absolute atomic E-state index is 0.612. The lowest BCUT2D eigenvalue weighted by Crippen LogP contribution is -2.58. The van der Waals surface area contributed by atoms with Crippen molar-refractivity contribution in [2.24, 2.45) is 5.41 Å². The fourth-order valence-electron chi connectivity index (χ4n) is 1.74. The molecule has 0 aliphatic carbocycles. The van der Waals surface area contributed by atoms with Crippen LogP contribution in [-0.2, 0) is 0 Å². The Balaban J connectivity index is 1.77. The van der Waals surface area contributed by atoms with Crippen molar-refractivity contribution in [3.05, 3.63) is 0 Å². The normalized spacial score (nSPS) is 30.9. The van der Waals surface area contributed by atoms with E-state index < -0.39 is 0 Å². The van der Waals surface area contributed by atoms with Crippen LogP contribution in [0.3, 0.4) is 0 Å². The summed E-state index contributed by atoms with van der Waals surface area (Å²) in [6.45, 7) is 8.83. The molecule has 0 bridgehead atoms. The van der Waals surface area contributed by atoms with Crippen LogP contribution in [0.25, 0.3) is 0 Å². The molecular formula is C8H16N2. The standard InChI is InChI=1S/C8H16N2/c1-8(5-9-6-8)7-10-3-2-4-10/h9H,2-7H2,1H3. The van der Waals surface area contributed by atoms with Crippen molar-refractivity contribution in [2.75, 3.05) is 32.7 Å². The lowest BCUT2D eigenvalue weighted by molar-refractivity contribution is 0.0699. The van der Waals surface area contributed by atoms with E-state index in [1.165, 1.54) is 39.1 Å². The van der Waals surface area contributed by atoms with Gasteiger partial charge in [-0.25, -0.2) is 0 Å². The Hall–Kier alpha value is -0.0800. The average Bonchev–Trinajstić information content (AvgIpc) is 1.74. The van der Waals surface area contributed by atoms with Crippen LogP contribution >= 0.6 is 0 Å². The highest BCUT2D eigenvalue weighted by molar-refractivity contribution is 4.92. The maximum Gasteiger partial charge on any atom is 0.00597 e. The average molecular weight is 140 g/mol. The van der Waals surface area contributed by atoms with Gasteiger partial charge in [0, 0.05) is 25.0 Å². The Kier molecular flexibility index (Phi) is 1.46. The van der Waals surface area contributed by atoms with Gasteiger partial charge in [-0.1, -0.05) is 6.92 Å². The fraction of sp³-hybridized carbons (Fsp3) is 1.00. The van der Waals surface area contributed by atoms with Crippen LogP contribution in [0.4, 0.5) is 0 Å². The molecular weight excluding hydrogens is 124 g/mol. The lowest BCUT2D eigenvalue weighted by Gasteiger charge is -2.45. The van der Waals surface area contributed by atoms with Gasteiger partial charge < -0.3 is 10.2 Å². The van der Waals surface area contributed by atoms with E-state index in [1.54, 1.807) is 0 Å². The first-order valence-corrected chi connectivity index (χ1v) is 4.22. The van der Waals surface area contributed by atoms with Crippen LogP contribution in [-0.4, -0.2) is 37.6 Å². The third-order valence-corrected chi connectivity index (χ3v) is 2.66. The Morgan fingerprint density at radius 2 is 2.10 bits per heavy atom. The molecule has 0 atom stereocenters. The Morgan fingerprint density at radius 3 is 2.40 bits per heavy atom. The SMILES string of the molecule is CC1(CN2CCC2)CNC1. The summed E-state index contributed by atoms with van der Waals surface area (Å²) >= 11 is 0. The highest BCUT2D eigenvalue weighted by Crippen LogP contribution is 2.24. The lowest BCUT2D eigenvalue weighted by atomic mass is 9.83. The highest BCUT2D eigenvalue weighted by atomic mass is 15.2. The highest BCUT2D eigenvalue weighted by Gasteiger charge is 2.34. The number of rotatable bonds is 2. The Labute approximate surface area is 62.6 Å². The maximum atomic E-state index is 3.33. The molecule has 0 spiro atoms. The molecule has 0 aromatic rings. The van der Waals surface area contributed by atoms with E-state index in [1.807, 2.05) is 0 Å². The number of hydrogen-bond donors (Lipinski definition) is 1. The zero-order valence-corrected chi connectivity index (χ0v) is 6.69. The van der Waals surface area contributed by atoms with E-state index in [-0.39, 0.29) is 0 Å². The number of nitrogens with zero attached hydrogens (tertiary/aromatic N) is 1.